The lowest BCUT2D eigenvalue weighted by atomic mass is 9.93. The predicted octanol–water partition coefficient (Wildman–Crippen LogP) is 4.25. The molecule has 0 radical (unpaired) electrons. The first kappa shape index (κ1) is 22.1. The van der Waals surface area contributed by atoms with E-state index in [9.17, 15) is 0 Å². The van der Waals surface area contributed by atoms with Crippen molar-refractivity contribution in [3.05, 3.63) is 104 Å². The summed E-state index contributed by atoms with van der Waals surface area (Å²) in [6.07, 6.45) is 23.4. The van der Waals surface area contributed by atoms with E-state index < -0.39 is 0 Å². The second kappa shape index (κ2) is 8.30. The smallest absolute Gasteiger partial charge is 0.164 e. The summed E-state index contributed by atoms with van der Waals surface area (Å²) in [4.78, 5) is 32.2. The van der Waals surface area contributed by atoms with E-state index >= 15 is 0 Å². The van der Waals surface area contributed by atoms with Gasteiger partial charge in [0.1, 0.15) is 22.6 Å². The first-order chi connectivity index (χ1) is 19.2. The normalized spacial score (nSPS) is 21.3. The minimum Gasteiger partial charge on any atom is -0.324 e. The zero-order valence-electron chi connectivity index (χ0n) is 21.4. The maximum atomic E-state index is 5.16. The fourth-order valence-electron chi connectivity index (χ4n) is 6.09. The van der Waals surface area contributed by atoms with Crippen molar-refractivity contribution in [1.29, 1.82) is 0 Å². The van der Waals surface area contributed by atoms with Gasteiger partial charge < -0.3 is 9.97 Å². The third-order valence-electron chi connectivity index (χ3n) is 7.90. The number of hydrogen-bond acceptors (Lipinski definition) is 5. The molecule has 8 rings (SSSR count). The van der Waals surface area contributed by atoms with E-state index in [2.05, 4.69) is 65.7 Å². The first-order valence-corrected chi connectivity index (χ1v) is 13.4. The predicted molar refractivity (Wildman–Crippen MR) is 157 cm³/mol. The molecule has 4 heterocycles. The lowest BCUT2D eigenvalue weighted by Gasteiger charge is -2.17. The van der Waals surface area contributed by atoms with Crippen LogP contribution in [0.4, 0.5) is 11.6 Å². The Morgan fingerprint density at radius 3 is 1.92 bits per heavy atom. The van der Waals surface area contributed by atoms with Crippen molar-refractivity contribution in [1.82, 2.24) is 9.97 Å². The Labute approximate surface area is 224 Å². The van der Waals surface area contributed by atoms with Gasteiger partial charge in [0.15, 0.2) is 11.7 Å². The Hall–Kier alpha value is -4.91. The van der Waals surface area contributed by atoms with Crippen LogP contribution in [0.1, 0.15) is 43.2 Å². The van der Waals surface area contributed by atoms with E-state index in [0.717, 1.165) is 97.7 Å². The highest BCUT2D eigenvalue weighted by Crippen LogP contribution is 2.39. The van der Waals surface area contributed by atoms with Gasteiger partial charge in [-0.25, -0.2) is 25.0 Å². The number of nitrogens with one attached hydrogen (secondary N) is 2. The van der Waals surface area contributed by atoms with Crippen molar-refractivity contribution >= 4 is 53.3 Å². The Morgan fingerprint density at radius 2 is 1.21 bits per heavy atom. The average Bonchev–Trinajstić information content (AvgIpc) is 3.76. The molecule has 7 heteroatoms. The molecule has 0 saturated heterocycles. The third kappa shape index (κ3) is 3.26. The third-order valence-corrected chi connectivity index (χ3v) is 7.90. The van der Waals surface area contributed by atoms with Gasteiger partial charge in [-0.3, -0.25) is 0 Å². The maximum Gasteiger partial charge on any atom is 0.164 e. The molecule has 2 N–H and O–H groups in total. The molecule has 8 bridgehead atoms. The fourth-order valence-corrected chi connectivity index (χ4v) is 6.09. The molecule has 4 aliphatic carbocycles. The summed E-state index contributed by atoms with van der Waals surface area (Å²) >= 11 is 0. The lowest BCUT2D eigenvalue weighted by Crippen LogP contribution is -2.39. The number of H-pyrrole nitrogens is 2. The quantitative estimate of drug-likeness (QED) is 0.608. The summed E-state index contributed by atoms with van der Waals surface area (Å²) < 4.78 is 0. The average molecular weight is 508 g/mol. The number of hydrogen-bond donors (Lipinski definition) is 2. The van der Waals surface area contributed by atoms with E-state index in [1.165, 1.54) is 0 Å². The van der Waals surface area contributed by atoms with Crippen molar-refractivity contribution in [2.75, 3.05) is 0 Å². The van der Waals surface area contributed by atoms with Gasteiger partial charge in [-0.15, -0.1) is 0 Å². The summed E-state index contributed by atoms with van der Waals surface area (Å²) in [6.45, 7) is 8.12. The van der Waals surface area contributed by atoms with Crippen molar-refractivity contribution in [2.45, 2.75) is 32.1 Å². The summed E-state index contributed by atoms with van der Waals surface area (Å²) in [7, 11) is 0. The largest absolute Gasteiger partial charge is 0.324 e. The molecule has 0 amide bonds. The van der Waals surface area contributed by atoms with Crippen LogP contribution < -0.4 is 21.4 Å². The standard InChI is InChI=1S/C32H25N7/c1-3-17-18(4-2)28-35-27(17)33-25-15-16-26(20-12-7-11-19(20)25)34-29-21-9-5-6-10-22(21)30(37-29)38-32-24-14-8-13-23(24)31(36-28)39-32/h3-4,9-14,16,35H,1-2,5-8,15H2,(H,34,36,37,38,39). The van der Waals surface area contributed by atoms with Crippen molar-refractivity contribution in [2.24, 2.45) is 25.0 Å². The summed E-state index contributed by atoms with van der Waals surface area (Å²) in [5.41, 5.74) is 9.59. The van der Waals surface area contributed by atoms with Crippen molar-refractivity contribution in [3.8, 4) is 0 Å². The molecule has 6 aliphatic rings. The lowest BCUT2D eigenvalue weighted by molar-refractivity contribution is 1.07. The summed E-state index contributed by atoms with van der Waals surface area (Å²) in [6, 6.07) is 0. The maximum absolute atomic E-state index is 5.16. The number of aliphatic imine (C=N–C) groups is 3. The topological polar surface area (TPSA) is 93.4 Å². The van der Waals surface area contributed by atoms with Gasteiger partial charge in [0.2, 0.25) is 0 Å². The number of nitrogens with zero attached hydrogens (tertiary/aromatic N) is 5. The number of aromatic nitrogens is 2. The molecule has 7 nitrogen and oxygen atoms in total. The zero-order valence-corrected chi connectivity index (χ0v) is 21.4. The van der Waals surface area contributed by atoms with Gasteiger partial charge in [-0.1, -0.05) is 67.8 Å². The molecular weight excluding hydrogens is 482 g/mol. The molecule has 188 valence electrons. The SMILES string of the molecule is C=Cc1c2[nH]c(c1C=C)/N=C1\N=C(N=c3[nH]c(c4c3=CCCC=4)=NC3=CCC(=N2)C2=CCC=C32)C2=CCC=C21. The van der Waals surface area contributed by atoms with Crippen LogP contribution in [0.5, 0.6) is 0 Å². The molecule has 2 aromatic rings. The van der Waals surface area contributed by atoms with E-state index in [-0.39, 0.29) is 0 Å². The zero-order chi connectivity index (χ0) is 26.1. The van der Waals surface area contributed by atoms with Gasteiger partial charge in [-0.05, 0) is 25.7 Å². The van der Waals surface area contributed by atoms with E-state index in [1.54, 1.807) is 6.08 Å². The van der Waals surface area contributed by atoms with E-state index in [1.807, 2.05) is 6.08 Å². The highest BCUT2D eigenvalue weighted by Gasteiger charge is 2.29. The molecule has 39 heavy (non-hydrogen) atoms. The molecule has 2 aromatic heterocycles. The monoisotopic (exact) mass is 507 g/mol. The summed E-state index contributed by atoms with van der Waals surface area (Å²) in [5.74, 6) is 2.68. The molecule has 0 saturated carbocycles. The van der Waals surface area contributed by atoms with E-state index in [4.69, 9.17) is 25.0 Å². The van der Waals surface area contributed by atoms with Crippen LogP contribution in [0, 0.1) is 0 Å². The van der Waals surface area contributed by atoms with Crippen LogP contribution in [0.15, 0.2) is 96.5 Å². The number of allylic oxidation sites excluding steroid dienone is 6. The molecule has 0 atom stereocenters. The second-order valence-corrected chi connectivity index (χ2v) is 10.1. The Bertz CT molecular complexity index is 2060. The Balaban J connectivity index is 1.48. The molecule has 0 unspecified atom stereocenters. The molecule has 0 spiro atoms. The van der Waals surface area contributed by atoms with Crippen LogP contribution >= 0.6 is 0 Å². The fraction of sp³-hybridized carbons (Fsp3) is 0.156. The Morgan fingerprint density at radius 1 is 0.590 bits per heavy atom. The summed E-state index contributed by atoms with van der Waals surface area (Å²) in [5, 5.41) is 2.20. The number of rotatable bonds is 2. The van der Waals surface area contributed by atoms with Gasteiger partial charge in [0.25, 0.3) is 0 Å². The van der Waals surface area contributed by atoms with Crippen LogP contribution in [0.2, 0.25) is 0 Å². The van der Waals surface area contributed by atoms with Gasteiger partial charge >= 0.3 is 0 Å². The Kier molecular flexibility index (Phi) is 4.70. The van der Waals surface area contributed by atoms with Gasteiger partial charge in [0, 0.05) is 50.3 Å². The minimum atomic E-state index is 0.635. The highest BCUT2D eigenvalue weighted by atomic mass is 15.1. The van der Waals surface area contributed by atoms with Crippen LogP contribution in [0.25, 0.3) is 24.3 Å². The second-order valence-electron chi connectivity index (χ2n) is 10.1. The van der Waals surface area contributed by atoms with Crippen LogP contribution in [0.3, 0.4) is 0 Å². The number of aromatic amines is 2. The highest BCUT2D eigenvalue weighted by molar-refractivity contribution is 6.27. The minimum absolute atomic E-state index is 0.635. The molecule has 0 fully saturated rings. The molecule has 2 aliphatic heterocycles. The van der Waals surface area contributed by atoms with Crippen LogP contribution in [-0.2, 0) is 0 Å². The van der Waals surface area contributed by atoms with E-state index in [0.29, 0.717) is 23.9 Å². The van der Waals surface area contributed by atoms with Crippen molar-refractivity contribution in [3.63, 3.8) is 0 Å². The molecule has 0 aromatic carbocycles. The van der Waals surface area contributed by atoms with Gasteiger partial charge in [0.05, 0.1) is 11.4 Å². The number of fused-ring (bicyclic) bond motifs is 16. The number of amidine groups is 2. The van der Waals surface area contributed by atoms with Crippen LogP contribution in [-0.4, -0.2) is 27.4 Å². The van der Waals surface area contributed by atoms with Gasteiger partial charge in [-0.2, -0.15) is 0 Å². The molecular formula is C32H25N7. The first-order valence-electron chi connectivity index (χ1n) is 13.4. The van der Waals surface area contributed by atoms with Crippen molar-refractivity contribution < 1.29 is 0 Å².